The number of hydrogen-bond acceptors (Lipinski definition) is 9. The number of nitrogens with zero attached hydrogens (tertiary/aromatic N) is 3. The fraction of sp³-hybridized carbons (Fsp3) is 0.705. The van der Waals surface area contributed by atoms with Crippen LogP contribution in [0.1, 0.15) is 103 Å². The van der Waals surface area contributed by atoms with Crippen molar-refractivity contribution in [3.63, 3.8) is 0 Å². The van der Waals surface area contributed by atoms with Crippen LogP contribution in [0, 0.1) is 47.3 Å². The Labute approximate surface area is 323 Å². The van der Waals surface area contributed by atoms with Crippen molar-refractivity contribution in [2.24, 2.45) is 47.3 Å². The Bertz CT molecular complexity index is 1420. The van der Waals surface area contributed by atoms with Gasteiger partial charge in [0.1, 0.15) is 6.10 Å². The Morgan fingerprint density at radius 3 is 2.46 bits per heavy atom. The van der Waals surface area contributed by atoms with Crippen LogP contribution in [0.2, 0.25) is 0 Å². The van der Waals surface area contributed by atoms with E-state index >= 15 is 0 Å². The van der Waals surface area contributed by atoms with Crippen molar-refractivity contribution < 1.29 is 35.1 Å². The Hall–Kier alpha value is -2.89. The van der Waals surface area contributed by atoms with Crippen molar-refractivity contribution >= 4 is 5.97 Å². The number of rotatable bonds is 9. The molecule has 13 atom stereocenters. The highest BCUT2D eigenvalue weighted by atomic mass is 16.5. The van der Waals surface area contributed by atoms with Gasteiger partial charge in [0, 0.05) is 43.4 Å². The molecule has 4 rings (SSSR count). The molecule has 0 amide bonds. The third-order valence-corrected chi connectivity index (χ3v) is 12.5. The minimum absolute atomic E-state index is 0.0278. The number of unbranched alkanes of at least 4 members (excludes halogenated alkanes) is 1. The summed E-state index contributed by atoms with van der Waals surface area (Å²) in [4.78, 5) is 13.1. The van der Waals surface area contributed by atoms with E-state index < -0.39 is 36.5 Å². The van der Waals surface area contributed by atoms with Crippen molar-refractivity contribution in [2.75, 3.05) is 6.61 Å². The van der Waals surface area contributed by atoms with Crippen LogP contribution < -0.4 is 0 Å². The van der Waals surface area contributed by atoms with Crippen LogP contribution in [0.15, 0.2) is 61.3 Å². The Morgan fingerprint density at radius 2 is 1.72 bits per heavy atom. The topological polar surface area (TPSA) is 158 Å². The Kier molecular flexibility index (Phi) is 17.9. The first-order chi connectivity index (χ1) is 25.9. The molecule has 1 fully saturated rings. The largest absolute Gasteiger partial charge is 0.458 e. The number of fused-ring (bicyclic) bond motifs is 2. The number of aryl methyl sites for hydroxylation is 2. The maximum atomic E-state index is 13.1. The van der Waals surface area contributed by atoms with Gasteiger partial charge in [-0.2, -0.15) is 0 Å². The van der Waals surface area contributed by atoms with E-state index in [1.165, 1.54) is 11.8 Å². The van der Waals surface area contributed by atoms with Gasteiger partial charge in [-0.05, 0) is 93.8 Å². The van der Waals surface area contributed by atoms with Crippen molar-refractivity contribution in [1.29, 1.82) is 0 Å². The second kappa shape index (κ2) is 22.0. The van der Waals surface area contributed by atoms with E-state index in [1.54, 1.807) is 30.4 Å². The normalized spacial score (nSPS) is 37.2. The molecule has 5 N–H and O–H groups in total. The van der Waals surface area contributed by atoms with Crippen LogP contribution in [0.3, 0.4) is 0 Å². The molecule has 10 heteroatoms. The number of allylic oxidation sites excluding steroid dienone is 4. The molecular formula is C44H69N3O7. The fourth-order valence-electron chi connectivity index (χ4n) is 8.86. The van der Waals surface area contributed by atoms with Gasteiger partial charge in [0.25, 0.3) is 0 Å². The molecule has 2 aliphatic carbocycles. The monoisotopic (exact) mass is 752 g/mol. The molecule has 1 aromatic rings. The molecule has 2 heterocycles. The molecular weight excluding hydrogens is 682 g/mol. The second-order valence-electron chi connectivity index (χ2n) is 16.7. The first-order valence-corrected chi connectivity index (χ1v) is 20.7. The maximum Gasteiger partial charge on any atom is 0.331 e. The van der Waals surface area contributed by atoms with Gasteiger partial charge in [-0.3, -0.25) is 0 Å². The summed E-state index contributed by atoms with van der Waals surface area (Å²) >= 11 is 0. The van der Waals surface area contributed by atoms with Gasteiger partial charge in [0.15, 0.2) is 0 Å². The van der Waals surface area contributed by atoms with E-state index in [-0.39, 0.29) is 42.6 Å². The number of aliphatic hydroxyl groups is 5. The summed E-state index contributed by atoms with van der Waals surface area (Å²) in [5.41, 5.74) is 2.30. The van der Waals surface area contributed by atoms with Gasteiger partial charge in [-0.15, -0.1) is 5.10 Å². The molecule has 0 unspecified atom stereocenters. The number of aliphatic hydroxyl groups excluding tert-OH is 5. The van der Waals surface area contributed by atoms with Crippen molar-refractivity contribution in [2.45, 2.75) is 142 Å². The SMILES string of the molecule is C=C/C=C\[C@H](C)[C@@H]1OC(=O)/C=C\C=C\[C@@H](CCCCn2nnc3c2CC[C@@H]2[C@@H](CO)[C@@H]2CC3)[C@@H](O)C[C@H](O)/C=C\C[C@H](O)[C@@H](C)C[C@@H](C)CC[C@@H](O)[C@@H]1C. The van der Waals surface area contributed by atoms with Gasteiger partial charge in [-0.1, -0.05) is 94.5 Å². The van der Waals surface area contributed by atoms with E-state index in [0.717, 1.165) is 63.6 Å². The average Bonchev–Trinajstić information content (AvgIpc) is 3.67. The summed E-state index contributed by atoms with van der Waals surface area (Å²) in [6.45, 7) is 12.8. The Balaban J connectivity index is 1.44. The van der Waals surface area contributed by atoms with E-state index in [2.05, 4.69) is 23.8 Å². The van der Waals surface area contributed by atoms with Crippen LogP contribution in [-0.2, 0) is 28.9 Å². The number of aromatic nitrogens is 3. The average molecular weight is 752 g/mol. The zero-order valence-corrected chi connectivity index (χ0v) is 33.2. The minimum atomic E-state index is -0.871. The molecule has 1 aliphatic heterocycles. The van der Waals surface area contributed by atoms with Crippen molar-refractivity contribution in [3.8, 4) is 0 Å². The molecule has 302 valence electrons. The molecule has 1 saturated carbocycles. The molecule has 1 aromatic heterocycles. The first kappa shape index (κ1) is 43.8. The van der Waals surface area contributed by atoms with Crippen molar-refractivity contribution in [1.82, 2.24) is 15.0 Å². The zero-order valence-electron chi connectivity index (χ0n) is 33.2. The van der Waals surface area contributed by atoms with Gasteiger partial charge in [0.05, 0.1) is 35.8 Å². The molecule has 0 radical (unpaired) electrons. The van der Waals surface area contributed by atoms with Gasteiger partial charge in [-0.25, -0.2) is 9.48 Å². The number of hydrogen-bond donors (Lipinski definition) is 5. The van der Waals surface area contributed by atoms with Gasteiger partial charge < -0.3 is 30.3 Å². The summed E-state index contributed by atoms with van der Waals surface area (Å²) in [5.74, 6) is 0.723. The zero-order chi connectivity index (χ0) is 39.2. The van der Waals surface area contributed by atoms with E-state index in [0.29, 0.717) is 37.0 Å². The van der Waals surface area contributed by atoms with Crippen LogP contribution >= 0.6 is 0 Å². The Morgan fingerprint density at radius 1 is 0.963 bits per heavy atom. The lowest BCUT2D eigenvalue weighted by molar-refractivity contribution is -0.150. The van der Waals surface area contributed by atoms with Gasteiger partial charge >= 0.3 is 5.97 Å². The third kappa shape index (κ3) is 13.1. The predicted octanol–water partition coefficient (Wildman–Crippen LogP) is 6.07. The highest BCUT2D eigenvalue weighted by molar-refractivity contribution is 5.82. The number of carbonyl (C=O) groups excluding carboxylic acids is 1. The lowest BCUT2D eigenvalue weighted by atomic mass is 9.84. The summed E-state index contributed by atoms with van der Waals surface area (Å²) < 4.78 is 8.00. The molecule has 0 spiro atoms. The number of ether oxygens (including phenoxy) is 1. The fourth-order valence-corrected chi connectivity index (χ4v) is 8.86. The lowest BCUT2D eigenvalue weighted by Crippen LogP contribution is -2.37. The highest BCUT2D eigenvalue weighted by Gasteiger charge is 2.49. The van der Waals surface area contributed by atoms with Crippen LogP contribution in [0.5, 0.6) is 0 Å². The van der Waals surface area contributed by atoms with E-state index in [9.17, 15) is 30.3 Å². The van der Waals surface area contributed by atoms with Crippen LogP contribution in [0.25, 0.3) is 0 Å². The second-order valence-corrected chi connectivity index (χ2v) is 16.7. The van der Waals surface area contributed by atoms with Crippen molar-refractivity contribution in [3.05, 3.63) is 72.7 Å². The number of esters is 1. The standard InChI is InChI=1S/C44H69N3O7/c1-6-7-13-30(3)44-32(5)41(51)24-19-29(2)26-31(4)40(50)17-12-16-34(49)27-42(52)33(14-8-9-18-43(53)54-44)15-10-11-25-47-39-23-21-36-35(37(36)28-48)20-22-38(39)45-46-47/h6-9,12-14,16,18,29-37,40-42,44,48-52H,1,10-11,15,17,19-28H2,2-5H3/b13-7-,14-8+,16-12-,18-9-/t29-,30-,31-,32-,33-,34+,35+,36-,37-,40-,41+,42-,44-/m0/s1. The maximum absolute atomic E-state index is 13.1. The summed E-state index contributed by atoms with van der Waals surface area (Å²) in [6, 6.07) is 0. The van der Waals surface area contributed by atoms with E-state index in [4.69, 9.17) is 4.74 Å². The summed E-state index contributed by atoms with van der Waals surface area (Å²) in [7, 11) is 0. The van der Waals surface area contributed by atoms with Gasteiger partial charge in [0.2, 0.25) is 0 Å². The molecule has 3 aliphatic rings. The molecule has 10 nitrogen and oxygen atoms in total. The highest BCUT2D eigenvalue weighted by Crippen LogP contribution is 2.52. The smallest absolute Gasteiger partial charge is 0.331 e. The third-order valence-electron chi connectivity index (χ3n) is 12.5. The number of carbonyl (C=O) groups is 1. The molecule has 0 aromatic carbocycles. The molecule has 0 bridgehead atoms. The predicted molar refractivity (Wildman–Crippen MR) is 212 cm³/mol. The minimum Gasteiger partial charge on any atom is -0.458 e. The number of cyclic esters (lactones) is 1. The van der Waals surface area contributed by atoms with Crippen LogP contribution in [0.4, 0.5) is 0 Å². The van der Waals surface area contributed by atoms with Crippen LogP contribution in [-0.4, -0.2) is 83.6 Å². The first-order valence-electron chi connectivity index (χ1n) is 20.7. The van der Waals surface area contributed by atoms with E-state index in [1.807, 2.05) is 43.7 Å². The molecule has 54 heavy (non-hydrogen) atoms. The summed E-state index contributed by atoms with van der Waals surface area (Å²) in [6.07, 6.45) is 21.0. The lowest BCUT2D eigenvalue weighted by Gasteiger charge is -2.31. The molecule has 0 saturated heterocycles. The summed E-state index contributed by atoms with van der Waals surface area (Å²) in [5, 5.41) is 62.9. The quantitative estimate of drug-likeness (QED) is 0.0874.